The zero-order valence-corrected chi connectivity index (χ0v) is 20.0. The molecule has 0 fully saturated rings. The molecule has 0 saturated carbocycles. The SMILES string of the molecule is CCC(CCC1=Cc2cccc(OCC(=O)O)c2CC1)NOC(c1ccccc1)c1ccncc1. The summed E-state index contributed by atoms with van der Waals surface area (Å²) in [5, 5.41) is 8.92. The van der Waals surface area contributed by atoms with Crippen LogP contribution in [0.3, 0.4) is 0 Å². The van der Waals surface area contributed by atoms with Crippen LogP contribution in [0.2, 0.25) is 0 Å². The third-order valence-electron chi connectivity index (χ3n) is 6.35. The molecule has 35 heavy (non-hydrogen) atoms. The van der Waals surface area contributed by atoms with Gasteiger partial charge in [-0.3, -0.25) is 9.82 Å². The fourth-order valence-corrected chi connectivity index (χ4v) is 4.40. The van der Waals surface area contributed by atoms with Crippen molar-refractivity contribution in [3.05, 3.63) is 101 Å². The van der Waals surface area contributed by atoms with E-state index in [-0.39, 0.29) is 18.8 Å². The Labute approximate surface area is 206 Å². The molecule has 182 valence electrons. The van der Waals surface area contributed by atoms with E-state index in [2.05, 4.69) is 41.7 Å². The van der Waals surface area contributed by atoms with Gasteiger partial charge < -0.3 is 9.84 Å². The number of ether oxygens (including phenoxy) is 1. The van der Waals surface area contributed by atoms with Gasteiger partial charge in [0.1, 0.15) is 11.9 Å². The fourth-order valence-electron chi connectivity index (χ4n) is 4.40. The van der Waals surface area contributed by atoms with Gasteiger partial charge in [0.25, 0.3) is 0 Å². The second-order valence-electron chi connectivity index (χ2n) is 8.76. The number of fused-ring (bicyclic) bond motifs is 1. The monoisotopic (exact) mass is 472 g/mol. The predicted molar refractivity (Wildman–Crippen MR) is 136 cm³/mol. The van der Waals surface area contributed by atoms with Gasteiger partial charge in [0.15, 0.2) is 6.61 Å². The Morgan fingerprint density at radius 1 is 1.03 bits per heavy atom. The van der Waals surface area contributed by atoms with Gasteiger partial charge in [-0.15, -0.1) is 0 Å². The first-order valence-corrected chi connectivity index (χ1v) is 12.2. The third kappa shape index (κ3) is 6.78. The van der Waals surface area contributed by atoms with Gasteiger partial charge in [0.2, 0.25) is 0 Å². The van der Waals surface area contributed by atoms with Crippen LogP contribution in [0.5, 0.6) is 5.75 Å². The minimum absolute atomic E-state index is 0.210. The molecule has 4 rings (SSSR count). The largest absolute Gasteiger partial charge is 0.482 e. The molecule has 0 radical (unpaired) electrons. The average molecular weight is 473 g/mol. The van der Waals surface area contributed by atoms with Crippen molar-refractivity contribution in [1.29, 1.82) is 0 Å². The van der Waals surface area contributed by atoms with Gasteiger partial charge in [-0.1, -0.05) is 61.0 Å². The zero-order chi connectivity index (χ0) is 24.5. The van der Waals surface area contributed by atoms with Gasteiger partial charge in [0, 0.05) is 24.0 Å². The smallest absolute Gasteiger partial charge is 0.341 e. The molecule has 2 aromatic carbocycles. The van der Waals surface area contributed by atoms with Crippen molar-refractivity contribution in [3.63, 3.8) is 0 Å². The molecule has 0 spiro atoms. The number of nitrogens with one attached hydrogen (secondary N) is 1. The number of pyridine rings is 1. The Hall–Kier alpha value is -3.48. The van der Waals surface area contributed by atoms with Crippen molar-refractivity contribution in [2.45, 2.75) is 51.2 Å². The number of benzene rings is 2. The highest BCUT2D eigenvalue weighted by molar-refractivity contribution is 5.69. The van der Waals surface area contributed by atoms with Gasteiger partial charge in [-0.2, -0.15) is 5.48 Å². The number of allylic oxidation sites excluding steroid dienone is 1. The molecular formula is C29H32N2O4. The molecular weight excluding hydrogens is 440 g/mol. The number of rotatable bonds is 12. The van der Waals surface area contributed by atoms with Crippen LogP contribution < -0.4 is 10.2 Å². The van der Waals surface area contributed by atoms with E-state index < -0.39 is 5.97 Å². The normalized spacial score (nSPS) is 14.5. The maximum Gasteiger partial charge on any atom is 0.341 e. The number of carboxylic acid groups (broad SMARTS) is 1. The number of carboxylic acids is 1. The molecule has 6 nitrogen and oxygen atoms in total. The van der Waals surface area contributed by atoms with Crippen molar-refractivity contribution < 1.29 is 19.5 Å². The summed E-state index contributed by atoms with van der Waals surface area (Å²) < 4.78 is 5.48. The Kier molecular flexibility index (Phi) is 8.65. The number of aliphatic carboxylic acids is 1. The molecule has 0 bridgehead atoms. The predicted octanol–water partition coefficient (Wildman–Crippen LogP) is 5.74. The van der Waals surface area contributed by atoms with Crippen molar-refractivity contribution in [1.82, 2.24) is 10.5 Å². The van der Waals surface area contributed by atoms with Crippen LogP contribution in [-0.2, 0) is 16.1 Å². The van der Waals surface area contributed by atoms with E-state index in [9.17, 15) is 4.79 Å². The maximum atomic E-state index is 10.9. The number of hydrogen-bond donors (Lipinski definition) is 2. The van der Waals surface area contributed by atoms with Crippen LogP contribution in [0.25, 0.3) is 6.08 Å². The topological polar surface area (TPSA) is 80.7 Å². The Bertz CT molecular complexity index is 1090. The summed E-state index contributed by atoms with van der Waals surface area (Å²) in [6, 6.07) is 20.2. The molecule has 2 unspecified atom stereocenters. The molecule has 1 aliphatic carbocycles. The Morgan fingerprint density at radius 2 is 1.80 bits per heavy atom. The highest BCUT2D eigenvalue weighted by Gasteiger charge is 2.19. The van der Waals surface area contributed by atoms with Gasteiger partial charge >= 0.3 is 5.97 Å². The number of aromatic nitrogens is 1. The molecule has 3 aromatic rings. The van der Waals surface area contributed by atoms with Crippen LogP contribution >= 0.6 is 0 Å². The first kappa shape index (κ1) is 24.6. The minimum atomic E-state index is -0.964. The zero-order valence-electron chi connectivity index (χ0n) is 20.0. The van der Waals surface area contributed by atoms with E-state index in [0.29, 0.717) is 5.75 Å². The molecule has 2 N–H and O–H groups in total. The van der Waals surface area contributed by atoms with E-state index in [1.165, 1.54) is 5.57 Å². The molecule has 1 aromatic heterocycles. The lowest BCUT2D eigenvalue weighted by molar-refractivity contribution is -0.139. The van der Waals surface area contributed by atoms with Crippen molar-refractivity contribution in [2.75, 3.05) is 6.61 Å². The Balaban J connectivity index is 1.38. The molecule has 0 aliphatic heterocycles. The number of hydrogen-bond acceptors (Lipinski definition) is 5. The summed E-state index contributed by atoms with van der Waals surface area (Å²) in [5.74, 6) is -0.293. The summed E-state index contributed by atoms with van der Waals surface area (Å²) in [6.45, 7) is 1.85. The van der Waals surface area contributed by atoms with Crippen LogP contribution in [0.4, 0.5) is 0 Å². The lowest BCUT2D eigenvalue weighted by Gasteiger charge is -2.24. The Morgan fingerprint density at radius 3 is 2.54 bits per heavy atom. The molecule has 2 atom stereocenters. The van der Waals surface area contributed by atoms with E-state index >= 15 is 0 Å². The molecule has 0 saturated heterocycles. The van der Waals surface area contributed by atoms with Gasteiger partial charge in [0.05, 0.1) is 0 Å². The molecule has 1 aliphatic rings. The summed E-state index contributed by atoms with van der Waals surface area (Å²) >= 11 is 0. The second-order valence-corrected chi connectivity index (χ2v) is 8.76. The minimum Gasteiger partial charge on any atom is -0.482 e. The van der Waals surface area contributed by atoms with Crippen LogP contribution in [0.1, 0.15) is 61.0 Å². The number of hydroxylamine groups is 1. The lowest BCUT2D eigenvalue weighted by atomic mass is 9.88. The van der Waals surface area contributed by atoms with Crippen molar-refractivity contribution in [3.8, 4) is 5.75 Å². The number of carbonyl (C=O) groups is 1. The van der Waals surface area contributed by atoms with Crippen LogP contribution in [-0.4, -0.2) is 28.7 Å². The lowest BCUT2D eigenvalue weighted by Crippen LogP contribution is -2.31. The molecule has 6 heteroatoms. The van der Waals surface area contributed by atoms with Crippen LogP contribution in [0, 0.1) is 0 Å². The van der Waals surface area contributed by atoms with E-state index in [1.807, 2.05) is 42.5 Å². The summed E-state index contributed by atoms with van der Waals surface area (Å²) in [6.07, 6.45) is 10.3. The molecule has 1 heterocycles. The third-order valence-corrected chi connectivity index (χ3v) is 6.35. The fraction of sp³-hybridized carbons (Fsp3) is 0.310. The summed E-state index contributed by atoms with van der Waals surface area (Å²) in [7, 11) is 0. The van der Waals surface area contributed by atoms with E-state index in [4.69, 9.17) is 14.7 Å². The average Bonchev–Trinajstić information content (AvgIpc) is 2.90. The first-order valence-electron chi connectivity index (χ1n) is 12.2. The highest BCUT2D eigenvalue weighted by atomic mass is 16.7. The second kappa shape index (κ2) is 12.3. The number of nitrogens with zero attached hydrogens (tertiary/aromatic N) is 1. The van der Waals surface area contributed by atoms with Gasteiger partial charge in [-0.25, -0.2) is 4.79 Å². The first-order chi connectivity index (χ1) is 17.1. The van der Waals surface area contributed by atoms with E-state index in [1.54, 1.807) is 12.4 Å². The maximum absolute atomic E-state index is 10.9. The molecule has 0 amide bonds. The highest BCUT2D eigenvalue weighted by Crippen LogP contribution is 2.33. The van der Waals surface area contributed by atoms with Gasteiger partial charge in [-0.05, 0) is 67.0 Å². The van der Waals surface area contributed by atoms with Crippen molar-refractivity contribution >= 4 is 12.0 Å². The van der Waals surface area contributed by atoms with Crippen LogP contribution in [0.15, 0.2) is 78.6 Å². The summed E-state index contributed by atoms with van der Waals surface area (Å²) in [5.41, 5.74) is 9.09. The van der Waals surface area contributed by atoms with E-state index in [0.717, 1.165) is 54.4 Å². The summed E-state index contributed by atoms with van der Waals surface area (Å²) in [4.78, 5) is 21.3. The standard InChI is InChI=1S/C29H32N2O4/c1-2-25(31-35-29(22-7-4-3-5-8-22)23-15-17-30-18-16-23)13-11-21-12-14-26-24(19-21)9-6-10-27(26)34-20-28(32)33/h3-10,15-19,25,29,31H,2,11-14,20H2,1H3,(H,32,33). The quantitative estimate of drug-likeness (QED) is 0.327. The van der Waals surface area contributed by atoms with Crippen molar-refractivity contribution in [2.24, 2.45) is 0 Å².